The highest BCUT2D eigenvalue weighted by Gasteiger charge is 2.24. The van der Waals surface area contributed by atoms with Gasteiger partial charge in [0.15, 0.2) is 0 Å². The molecule has 0 aliphatic rings. The first-order valence-electron chi connectivity index (χ1n) is 6.40. The SMILES string of the molecule is Cc1nc(NN)nc(NCC(C)C(C)(C)C)c1[N+](=O)[O-]. The molecule has 0 aromatic carbocycles. The van der Waals surface area contributed by atoms with Crippen LogP contribution >= 0.6 is 0 Å². The molecule has 1 rings (SSSR count). The lowest BCUT2D eigenvalue weighted by molar-refractivity contribution is -0.385. The van der Waals surface area contributed by atoms with Gasteiger partial charge in [0.05, 0.1) is 4.92 Å². The summed E-state index contributed by atoms with van der Waals surface area (Å²) in [5.74, 6) is 5.92. The number of aryl methyl sites for hydroxylation is 1. The number of nitrogens with zero attached hydrogens (tertiary/aromatic N) is 3. The maximum Gasteiger partial charge on any atom is 0.332 e. The van der Waals surface area contributed by atoms with Gasteiger partial charge in [-0.3, -0.25) is 15.5 Å². The Kier molecular flexibility index (Phi) is 4.83. The molecular weight excluding hydrogens is 260 g/mol. The largest absolute Gasteiger partial charge is 0.364 e. The summed E-state index contributed by atoms with van der Waals surface area (Å²) in [5, 5.41) is 14.1. The van der Waals surface area contributed by atoms with Gasteiger partial charge < -0.3 is 5.32 Å². The van der Waals surface area contributed by atoms with E-state index in [0.717, 1.165) is 0 Å². The van der Waals surface area contributed by atoms with Gasteiger partial charge in [0.2, 0.25) is 11.8 Å². The van der Waals surface area contributed by atoms with Gasteiger partial charge >= 0.3 is 5.69 Å². The van der Waals surface area contributed by atoms with Crippen LogP contribution in [0.2, 0.25) is 0 Å². The van der Waals surface area contributed by atoms with Crippen LogP contribution in [0.4, 0.5) is 17.5 Å². The number of aromatic nitrogens is 2. The molecule has 0 radical (unpaired) electrons. The van der Waals surface area contributed by atoms with E-state index in [-0.39, 0.29) is 28.6 Å². The van der Waals surface area contributed by atoms with Gasteiger partial charge in [-0.15, -0.1) is 0 Å². The van der Waals surface area contributed by atoms with Crippen LogP contribution in [-0.2, 0) is 0 Å². The van der Waals surface area contributed by atoms with E-state index in [2.05, 4.69) is 48.4 Å². The maximum absolute atomic E-state index is 11.1. The smallest absolute Gasteiger partial charge is 0.332 e. The molecule has 112 valence electrons. The highest BCUT2D eigenvalue weighted by Crippen LogP contribution is 2.29. The van der Waals surface area contributed by atoms with Crippen molar-refractivity contribution in [3.63, 3.8) is 0 Å². The molecule has 8 heteroatoms. The minimum absolute atomic E-state index is 0.0960. The second-order valence-electron chi connectivity index (χ2n) is 5.88. The van der Waals surface area contributed by atoms with Crippen molar-refractivity contribution in [3.05, 3.63) is 15.8 Å². The number of rotatable bonds is 5. The van der Waals surface area contributed by atoms with E-state index in [4.69, 9.17) is 5.84 Å². The highest BCUT2D eigenvalue weighted by atomic mass is 16.6. The maximum atomic E-state index is 11.1. The molecule has 0 bridgehead atoms. The predicted octanol–water partition coefficient (Wildman–Crippen LogP) is 2.07. The molecule has 20 heavy (non-hydrogen) atoms. The van der Waals surface area contributed by atoms with Crippen molar-refractivity contribution in [2.45, 2.75) is 34.6 Å². The molecule has 1 heterocycles. The van der Waals surface area contributed by atoms with Crippen molar-refractivity contribution < 1.29 is 4.92 Å². The van der Waals surface area contributed by atoms with E-state index < -0.39 is 4.92 Å². The zero-order valence-electron chi connectivity index (χ0n) is 12.5. The lowest BCUT2D eigenvalue weighted by Crippen LogP contribution is -2.25. The Balaban J connectivity index is 3.04. The summed E-state index contributed by atoms with van der Waals surface area (Å²) in [6.07, 6.45) is 0. The predicted molar refractivity (Wildman–Crippen MR) is 78.3 cm³/mol. The Hall–Kier alpha value is -1.96. The first-order valence-corrected chi connectivity index (χ1v) is 6.40. The van der Waals surface area contributed by atoms with Crippen molar-refractivity contribution in [2.75, 3.05) is 17.3 Å². The molecule has 0 saturated carbocycles. The quantitative estimate of drug-likeness (QED) is 0.429. The monoisotopic (exact) mass is 282 g/mol. The van der Waals surface area contributed by atoms with Gasteiger partial charge in [-0.1, -0.05) is 27.7 Å². The fourth-order valence-corrected chi connectivity index (χ4v) is 1.53. The fourth-order valence-electron chi connectivity index (χ4n) is 1.53. The highest BCUT2D eigenvalue weighted by molar-refractivity contribution is 5.60. The number of hydrazine groups is 1. The number of nitrogens with two attached hydrogens (primary N) is 1. The summed E-state index contributed by atoms with van der Waals surface area (Å²) >= 11 is 0. The average Bonchev–Trinajstić information content (AvgIpc) is 2.33. The van der Waals surface area contributed by atoms with Crippen LogP contribution in [0.1, 0.15) is 33.4 Å². The molecule has 0 spiro atoms. The third-order valence-electron chi connectivity index (χ3n) is 3.42. The number of hydrogen-bond acceptors (Lipinski definition) is 7. The lowest BCUT2D eigenvalue weighted by Gasteiger charge is -2.27. The van der Waals surface area contributed by atoms with Crippen molar-refractivity contribution >= 4 is 17.5 Å². The lowest BCUT2D eigenvalue weighted by atomic mass is 9.82. The first kappa shape index (κ1) is 16.1. The molecular formula is C12H22N6O2. The Morgan fingerprint density at radius 2 is 2.00 bits per heavy atom. The van der Waals surface area contributed by atoms with Crippen LogP contribution in [0.3, 0.4) is 0 Å². The first-order chi connectivity index (χ1) is 9.16. The minimum Gasteiger partial charge on any atom is -0.364 e. The topological polar surface area (TPSA) is 119 Å². The van der Waals surface area contributed by atoms with Crippen LogP contribution in [0.5, 0.6) is 0 Å². The Bertz CT molecular complexity index is 497. The molecule has 1 unspecified atom stereocenters. The molecule has 1 aromatic heterocycles. The van der Waals surface area contributed by atoms with Crippen molar-refractivity contribution in [3.8, 4) is 0 Å². The summed E-state index contributed by atoms with van der Waals surface area (Å²) < 4.78 is 0. The molecule has 1 atom stereocenters. The van der Waals surface area contributed by atoms with Crippen LogP contribution in [-0.4, -0.2) is 21.4 Å². The van der Waals surface area contributed by atoms with Crippen LogP contribution in [0.25, 0.3) is 0 Å². The zero-order valence-corrected chi connectivity index (χ0v) is 12.5. The Morgan fingerprint density at radius 1 is 1.40 bits per heavy atom. The standard InChI is InChI=1S/C12H22N6O2/c1-7(12(3,4)5)6-14-10-9(18(19)20)8(2)15-11(16-10)17-13/h7H,6,13H2,1-5H3,(H2,14,15,16,17). The summed E-state index contributed by atoms with van der Waals surface area (Å²) in [6, 6.07) is 0. The van der Waals surface area contributed by atoms with E-state index >= 15 is 0 Å². The molecule has 0 amide bonds. The number of nitrogens with one attached hydrogen (secondary N) is 2. The van der Waals surface area contributed by atoms with Gasteiger partial charge in [-0.25, -0.2) is 10.8 Å². The summed E-state index contributed by atoms with van der Waals surface area (Å²) in [7, 11) is 0. The van der Waals surface area contributed by atoms with Gasteiger partial charge in [-0.2, -0.15) is 4.98 Å². The van der Waals surface area contributed by atoms with E-state index in [9.17, 15) is 10.1 Å². The molecule has 1 aromatic rings. The second kappa shape index (κ2) is 6.00. The van der Waals surface area contributed by atoms with E-state index in [1.807, 2.05) is 0 Å². The average molecular weight is 282 g/mol. The van der Waals surface area contributed by atoms with Crippen molar-refractivity contribution in [2.24, 2.45) is 17.2 Å². The third kappa shape index (κ3) is 3.77. The van der Waals surface area contributed by atoms with Crippen molar-refractivity contribution in [1.29, 1.82) is 0 Å². The molecule has 0 saturated heterocycles. The zero-order chi connectivity index (χ0) is 15.5. The van der Waals surface area contributed by atoms with Gasteiger partial charge in [0.25, 0.3) is 0 Å². The van der Waals surface area contributed by atoms with Crippen LogP contribution in [0, 0.1) is 28.4 Å². The van der Waals surface area contributed by atoms with Gasteiger partial charge in [0, 0.05) is 6.54 Å². The van der Waals surface area contributed by atoms with Gasteiger partial charge in [-0.05, 0) is 18.3 Å². The third-order valence-corrected chi connectivity index (χ3v) is 3.42. The van der Waals surface area contributed by atoms with Crippen LogP contribution in [0.15, 0.2) is 0 Å². The Morgan fingerprint density at radius 3 is 2.45 bits per heavy atom. The summed E-state index contributed by atoms with van der Waals surface area (Å²) in [6.45, 7) is 10.6. The van der Waals surface area contributed by atoms with E-state index in [0.29, 0.717) is 12.5 Å². The minimum atomic E-state index is -0.486. The van der Waals surface area contributed by atoms with Gasteiger partial charge in [0.1, 0.15) is 5.69 Å². The number of nitrogen functional groups attached to an aromatic ring is 1. The molecule has 0 fully saturated rings. The number of anilines is 2. The van der Waals surface area contributed by atoms with Crippen LogP contribution < -0.4 is 16.6 Å². The van der Waals surface area contributed by atoms with E-state index in [1.165, 1.54) is 0 Å². The Labute approximate surface area is 118 Å². The fraction of sp³-hybridized carbons (Fsp3) is 0.667. The normalized spacial score (nSPS) is 12.9. The summed E-state index contributed by atoms with van der Waals surface area (Å²) in [5.41, 5.74) is 2.55. The second-order valence-corrected chi connectivity index (χ2v) is 5.88. The molecule has 0 aliphatic carbocycles. The van der Waals surface area contributed by atoms with E-state index in [1.54, 1.807) is 6.92 Å². The number of hydrogen-bond donors (Lipinski definition) is 3. The number of nitro groups is 1. The summed E-state index contributed by atoms with van der Waals surface area (Å²) in [4.78, 5) is 18.6. The van der Waals surface area contributed by atoms with Crippen molar-refractivity contribution in [1.82, 2.24) is 9.97 Å². The molecule has 4 N–H and O–H groups in total. The molecule has 8 nitrogen and oxygen atoms in total. The molecule has 0 aliphatic heterocycles.